The Kier molecular flexibility index (Phi) is 5.69. The fourth-order valence-electron chi connectivity index (χ4n) is 1.35. The number of ether oxygens (including phenoxy) is 1. The standard InChI is InChI=1S/C11H16ClN3O2/c1-3-5-15(8-10(16)17-4-2)11-13-6-9(12)7-14-11/h6-7H,3-5,8H2,1-2H3. The van der Waals surface area contributed by atoms with E-state index >= 15 is 0 Å². The minimum Gasteiger partial charge on any atom is -0.465 e. The van der Waals surface area contributed by atoms with Gasteiger partial charge in [-0.15, -0.1) is 0 Å². The number of halogens is 1. The number of carbonyl (C=O) groups is 1. The van der Waals surface area contributed by atoms with Crippen LogP contribution in [0.3, 0.4) is 0 Å². The number of carbonyl (C=O) groups excluding carboxylic acids is 1. The molecule has 0 aliphatic rings. The minimum atomic E-state index is -0.278. The van der Waals surface area contributed by atoms with Crippen molar-refractivity contribution >= 4 is 23.5 Å². The highest BCUT2D eigenvalue weighted by molar-refractivity contribution is 6.30. The van der Waals surface area contributed by atoms with Gasteiger partial charge in [0.25, 0.3) is 0 Å². The summed E-state index contributed by atoms with van der Waals surface area (Å²) in [6.45, 7) is 5.03. The van der Waals surface area contributed by atoms with E-state index in [9.17, 15) is 4.79 Å². The Morgan fingerprint density at radius 1 is 1.41 bits per heavy atom. The molecule has 6 heteroatoms. The van der Waals surface area contributed by atoms with Crippen molar-refractivity contribution in [3.8, 4) is 0 Å². The average Bonchev–Trinajstić information content (AvgIpc) is 2.30. The molecule has 0 bridgehead atoms. The Labute approximate surface area is 106 Å². The zero-order valence-electron chi connectivity index (χ0n) is 10.0. The van der Waals surface area contributed by atoms with Crippen LogP contribution in [0.5, 0.6) is 0 Å². The van der Waals surface area contributed by atoms with Crippen molar-refractivity contribution in [3.05, 3.63) is 17.4 Å². The summed E-state index contributed by atoms with van der Waals surface area (Å²) in [6.07, 6.45) is 3.92. The summed E-state index contributed by atoms with van der Waals surface area (Å²) in [5.74, 6) is 0.212. The SMILES string of the molecule is CCCN(CC(=O)OCC)c1ncc(Cl)cn1. The van der Waals surface area contributed by atoms with Gasteiger partial charge in [0.1, 0.15) is 6.54 Å². The largest absolute Gasteiger partial charge is 0.465 e. The molecule has 0 saturated carbocycles. The molecule has 1 heterocycles. The molecular formula is C11H16ClN3O2. The van der Waals surface area contributed by atoms with E-state index in [0.717, 1.165) is 6.42 Å². The first kappa shape index (κ1) is 13.7. The van der Waals surface area contributed by atoms with E-state index in [-0.39, 0.29) is 12.5 Å². The van der Waals surface area contributed by atoms with Gasteiger partial charge >= 0.3 is 5.97 Å². The molecule has 0 radical (unpaired) electrons. The molecule has 0 fully saturated rings. The van der Waals surface area contributed by atoms with Crippen LogP contribution in [0, 0.1) is 0 Å². The molecule has 94 valence electrons. The third-order valence-corrected chi connectivity index (χ3v) is 2.20. The molecule has 0 aromatic carbocycles. The Morgan fingerprint density at radius 3 is 2.59 bits per heavy atom. The van der Waals surface area contributed by atoms with Gasteiger partial charge in [0.05, 0.1) is 24.0 Å². The molecule has 1 rings (SSSR count). The van der Waals surface area contributed by atoms with E-state index in [1.165, 1.54) is 12.4 Å². The summed E-state index contributed by atoms with van der Waals surface area (Å²) < 4.78 is 4.90. The van der Waals surface area contributed by atoms with Gasteiger partial charge in [-0.1, -0.05) is 18.5 Å². The number of hydrogen-bond donors (Lipinski definition) is 0. The van der Waals surface area contributed by atoms with Crippen LogP contribution < -0.4 is 4.90 Å². The summed E-state index contributed by atoms with van der Waals surface area (Å²) >= 11 is 5.71. The van der Waals surface area contributed by atoms with Gasteiger partial charge in [-0.2, -0.15) is 0 Å². The molecule has 0 unspecified atom stereocenters. The highest BCUT2D eigenvalue weighted by Crippen LogP contribution is 2.10. The topological polar surface area (TPSA) is 55.3 Å². The lowest BCUT2D eigenvalue weighted by Crippen LogP contribution is -2.33. The normalized spacial score (nSPS) is 10.1. The van der Waals surface area contributed by atoms with Gasteiger partial charge in [-0.25, -0.2) is 9.97 Å². The maximum Gasteiger partial charge on any atom is 0.325 e. The number of anilines is 1. The Bertz CT molecular complexity index is 356. The zero-order chi connectivity index (χ0) is 12.7. The summed E-state index contributed by atoms with van der Waals surface area (Å²) in [7, 11) is 0. The summed E-state index contributed by atoms with van der Waals surface area (Å²) in [4.78, 5) is 21.4. The van der Waals surface area contributed by atoms with E-state index in [1.807, 2.05) is 6.92 Å². The van der Waals surface area contributed by atoms with Crippen molar-refractivity contribution in [1.29, 1.82) is 0 Å². The fraction of sp³-hybridized carbons (Fsp3) is 0.545. The molecule has 0 aliphatic heterocycles. The van der Waals surface area contributed by atoms with Crippen molar-refractivity contribution < 1.29 is 9.53 Å². The van der Waals surface area contributed by atoms with E-state index in [0.29, 0.717) is 24.1 Å². The lowest BCUT2D eigenvalue weighted by atomic mass is 10.4. The first-order valence-electron chi connectivity index (χ1n) is 5.55. The monoisotopic (exact) mass is 257 g/mol. The smallest absolute Gasteiger partial charge is 0.325 e. The highest BCUT2D eigenvalue weighted by Gasteiger charge is 2.13. The van der Waals surface area contributed by atoms with Gasteiger partial charge < -0.3 is 9.64 Å². The van der Waals surface area contributed by atoms with Gasteiger partial charge in [-0.3, -0.25) is 4.79 Å². The van der Waals surface area contributed by atoms with Crippen LogP contribution in [0.25, 0.3) is 0 Å². The van der Waals surface area contributed by atoms with Gasteiger partial charge in [0, 0.05) is 6.54 Å². The van der Waals surface area contributed by atoms with Gasteiger partial charge in [-0.05, 0) is 13.3 Å². The lowest BCUT2D eigenvalue weighted by Gasteiger charge is -2.20. The second-order valence-corrected chi connectivity index (χ2v) is 3.86. The minimum absolute atomic E-state index is 0.156. The number of aromatic nitrogens is 2. The second-order valence-electron chi connectivity index (χ2n) is 3.43. The third kappa shape index (κ3) is 4.56. The number of hydrogen-bond acceptors (Lipinski definition) is 5. The molecule has 0 spiro atoms. The summed E-state index contributed by atoms with van der Waals surface area (Å²) in [5.41, 5.74) is 0. The van der Waals surface area contributed by atoms with Crippen LogP contribution in [0.2, 0.25) is 5.02 Å². The van der Waals surface area contributed by atoms with Crippen LogP contribution in [-0.2, 0) is 9.53 Å². The third-order valence-electron chi connectivity index (χ3n) is 2.01. The first-order valence-corrected chi connectivity index (χ1v) is 5.93. The van der Waals surface area contributed by atoms with Crippen LogP contribution in [-0.4, -0.2) is 35.6 Å². The van der Waals surface area contributed by atoms with E-state index in [1.54, 1.807) is 11.8 Å². The van der Waals surface area contributed by atoms with E-state index < -0.39 is 0 Å². The predicted octanol–water partition coefficient (Wildman–Crippen LogP) is 1.91. The summed E-state index contributed by atoms with van der Waals surface area (Å²) in [5, 5.41) is 0.473. The molecule has 1 aromatic rings. The lowest BCUT2D eigenvalue weighted by molar-refractivity contribution is -0.141. The second kappa shape index (κ2) is 7.06. The van der Waals surface area contributed by atoms with E-state index in [2.05, 4.69) is 9.97 Å². The fourth-order valence-corrected chi connectivity index (χ4v) is 1.45. The Balaban J connectivity index is 2.71. The van der Waals surface area contributed by atoms with Crippen molar-refractivity contribution in [1.82, 2.24) is 9.97 Å². The van der Waals surface area contributed by atoms with Crippen molar-refractivity contribution in [2.75, 3.05) is 24.6 Å². The molecule has 0 atom stereocenters. The maximum atomic E-state index is 11.4. The van der Waals surface area contributed by atoms with Crippen LogP contribution in [0.1, 0.15) is 20.3 Å². The number of esters is 1. The maximum absolute atomic E-state index is 11.4. The molecule has 0 saturated heterocycles. The van der Waals surface area contributed by atoms with Crippen molar-refractivity contribution in [2.45, 2.75) is 20.3 Å². The molecule has 1 aromatic heterocycles. The van der Waals surface area contributed by atoms with Gasteiger partial charge in [0.15, 0.2) is 0 Å². The van der Waals surface area contributed by atoms with Crippen molar-refractivity contribution in [3.63, 3.8) is 0 Å². The first-order chi connectivity index (χ1) is 8.17. The zero-order valence-corrected chi connectivity index (χ0v) is 10.8. The van der Waals surface area contributed by atoms with Crippen LogP contribution in [0.4, 0.5) is 5.95 Å². The quantitative estimate of drug-likeness (QED) is 0.729. The Hall–Kier alpha value is -1.36. The Morgan fingerprint density at radius 2 is 2.06 bits per heavy atom. The van der Waals surface area contributed by atoms with Crippen molar-refractivity contribution in [2.24, 2.45) is 0 Å². The molecule has 17 heavy (non-hydrogen) atoms. The number of nitrogens with zero attached hydrogens (tertiary/aromatic N) is 3. The van der Waals surface area contributed by atoms with Crippen LogP contribution >= 0.6 is 11.6 Å². The van der Waals surface area contributed by atoms with E-state index in [4.69, 9.17) is 16.3 Å². The molecule has 0 amide bonds. The summed E-state index contributed by atoms with van der Waals surface area (Å²) in [6, 6.07) is 0. The van der Waals surface area contributed by atoms with Crippen LogP contribution in [0.15, 0.2) is 12.4 Å². The predicted molar refractivity (Wildman–Crippen MR) is 66.2 cm³/mol. The molecular weight excluding hydrogens is 242 g/mol. The highest BCUT2D eigenvalue weighted by atomic mass is 35.5. The molecule has 5 nitrogen and oxygen atoms in total. The van der Waals surface area contributed by atoms with Gasteiger partial charge in [0.2, 0.25) is 5.95 Å². The molecule has 0 aliphatic carbocycles. The number of rotatable bonds is 6. The average molecular weight is 258 g/mol. The molecule has 0 N–H and O–H groups in total.